The molecule has 1 rings (SSSR count). The Balaban J connectivity index is 0.00000361. The molecule has 5 nitrogen and oxygen atoms in total. The Morgan fingerprint density at radius 3 is 2.20 bits per heavy atom. The average molecular weight is 340 g/mol. The van der Waals surface area contributed by atoms with Gasteiger partial charge >= 0.3 is 6.18 Å². The Morgan fingerprint density at radius 2 is 1.75 bits per heavy atom. The van der Waals surface area contributed by atoms with Crippen LogP contribution in [-0.4, -0.2) is 33.7 Å². The van der Waals surface area contributed by atoms with Gasteiger partial charge in [-0.2, -0.15) is 31.0 Å². The van der Waals surface area contributed by atoms with E-state index in [1.165, 1.54) is 4.72 Å². The SMILES string of the molecule is Cl.NCC(NS(=O)(=O)NCC(F)(F)F)C1CCCCC1. The topological polar surface area (TPSA) is 84.2 Å². The summed E-state index contributed by atoms with van der Waals surface area (Å²) in [5, 5.41) is 0. The van der Waals surface area contributed by atoms with E-state index in [9.17, 15) is 21.6 Å². The third-order valence-electron chi connectivity index (χ3n) is 3.24. The minimum atomic E-state index is -4.57. The van der Waals surface area contributed by atoms with Crippen LogP contribution in [0.3, 0.4) is 0 Å². The minimum Gasteiger partial charge on any atom is -0.329 e. The maximum absolute atomic E-state index is 12.0. The van der Waals surface area contributed by atoms with Gasteiger partial charge < -0.3 is 5.73 Å². The second kappa shape index (κ2) is 8.38. The molecule has 0 aliphatic heterocycles. The van der Waals surface area contributed by atoms with Gasteiger partial charge in [-0.15, -0.1) is 12.4 Å². The highest BCUT2D eigenvalue weighted by atomic mass is 35.5. The third-order valence-corrected chi connectivity index (χ3v) is 4.38. The standard InChI is InChI=1S/C10H20F3N3O2S.ClH/c11-10(12,13)7-15-19(17,18)16-9(6-14)8-4-2-1-3-5-8;/h8-9,15-16H,1-7,14H2;1H. The van der Waals surface area contributed by atoms with E-state index in [0.29, 0.717) is 0 Å². The van der Waals surface area contributed by atoms with E-state index in [-0.39, 0.29) is 24.9 Å². The lowest BCUT2D eigenvalue weighted by molar-refractivity contribution is -0.121. The van der Waals surface area contributed by atoms with Crippen molar-refractivity contribution in [1.82, 2.24) is 9.44 Å². The maximum Gasteiger partial charge on any atom is 0.402 e. The fourth-order valence-electron chi connectivity index (χ4n) is 2.29. The zero-order chi connectivity index (χ0) is 14.5. The monoisotopic (exact) mass is 339 g/mol. The van der Waals surface area contributed by atoms with Gasteiger partial charge in [0.15, 0.2) is 0 Å². The van der Waals surface area contributed by atoms with E-state index in [2.05, 4.69) is 4.72 Å². The van der Waals surface area contributed by atoms with Crippen molar-refractivity contribution >= 4 is 22.6 Å². The molecule has 0 amide bonds. The highest BCUT2D eigenvalue weighted by molar-refractivity contribution is 7.87. The van der Waals surface area contributed by atoms with E-state index in [1.807, 2.05) is 0 Å². The Labute approximate surface area is 123 Å². The van der Waals surface area contributed by atoms with Crippen LogP contribution in [0.2, 0.25) is 0 Å². The number of hydrogen-bond donors (Lipinski definition) is 3. The fourth-order valence-corrected chi connectivity index (χ4v) is 3.42. The van der Waals surface area contributed by atoms with Crippen LogP contribution in [0, 0.1) is 5.92 Å². The van der Waals surface area contributed by atoms with Gasteiger partial charge in [-0.25, -0.2) is 0 Å². The van der Waals surface area contributed by atoms with Crippen LogP contribution in [0.15, 0.2) is 0 Å². The van der Waals surface area contributed by atoms with Crippen LogP contribution in [-0.2, 0) is 10.2 Å². The molecule has 0 spiro atoms. The lowest BCUT2D eigenvalue weighted by Gasteiger charge is -2.29. The number of hydrogen-bond acceptors (Lipinski definition) is 3. The van der Waals surface area contributed by atoms with Crippen molar-refractivity contribution in [2.45, 2.75) is 44.3 Å². The molecule has 0 aromatic carbocycles. The Morgan fingerprint density at radius 1 is 1.20 bits per heavy atom. The van der Waals surface area contributed by atoms with Gasteiger partial charge in [-0.05, 0) is 18.8 Å². The minimum absolute atomic E-state index is 0. The van der Waals surface area contributed by atoms with E-state index < -0.39 is 29.0 Å². The molecular weight excluding hydrogens is 319 g/mol. The van der Waals surface area contributed by atoms with Crippen molar-refractivity contribution < 1.29 is 21.6 Å². The number of rotatable bonds is 6. The smallest absolute Gasteiger partial charge is 0.329 e. The normalized spacial score (nSPS) is 19.4. The van der Waals surface area contributed by atoms with Gasteiger partial charge in [-0.1, -0.05) is 19.3 Å². The fraction of sp³-hybridized carbons (Fsp3) is 1.00. The Kier molecular flexibility index (Phi) is 8.34. The van der Waals surface area contributed by atoms with Gasteiger partial charge in [-0.3, -0.25) is 0 Å². The predicted molar refractivity (Wildman–Crippen MR) is 72.8 cm³/mol. The zero-order valence-electron chi connectivity index (χ0n) is 10.9. The molecule has 0 aromatic rings. The van der Waals surface area contributed by atoms with Gasteiger partial charge in [0.2, 0.25) is 0 Å². The highest BCUT2D eigenvalue weighted by Crippen LogP contribution is 2.26. The summed E-state index contributed by atoms with van der Waals surface area (Å²) in [5.41, 5.74) is 5.52. The number of alkyl halides is 3. The van der Waals surface area contributed by atoms with E-state index >= 15 is 0 Å². The van der Waals surface area contributed by atoms with Crippen molar-refractivity contribution in [3.05, 3.63) is 0 Å². The summed E-state index contributed by atoms with van der Waals surface area (Å²) in [6.07, 6.45) is 0.232. The quantitative estimate of drug-likeness (QED) is 0.682. The molecule has 1 saturated carbocycles. The van der Waals surface area contributed by atoms with Crippen LogP contribution in [0.5, 0.6) is 0 Å². The zero-order valence-corrected chi connectivity index (χ0v) is 12.6. The molecule has 1 unspecified atom stereocenters. The molecule has 1 fully saturated rings. The van der Waals surface area contributed by atoms with Crippen molar-refractivity contribution in [2.24, 2.45) is 11.7 Å². The molecule has 1 atom stereocenters. The second-order valence-electron chi connectivity index (χ2n) is 4.80. The second-order valence-corrected chi connectivity index (χ2v) is 6.33. The number of nitrogens with two attached hydrogens (primary N) is 1. The van der Waals surface area contributed by atoms with Crippen LogP contribution < -0.4 is 15.2 Å². The van der Waals surface area contributed by atoms with Gasteiger partial charge in [0.1, 0.15) is 6.54 Å². The predicted octanol–water partition coefficient (Wildman–Crippen LogP) is 1.30. The number of halogens is 4. The van der Waals surface area contributed by atoms with Gasteiger partial charge in [0.05, 0.1) is 0 Å². The molecule has 10 heteroatoms. The molecule has 1 aliphatic carbocycles. The van der Waals surface area contributed by atoms with Crippen molar-refractivity contribution in [2.75, 3.05) is 13.1 Å². The van der Waals surface area contributed by atoms with E-state index in [4.69, 9.17) is 5.73 Å². The molecule has 0 heterocycles. The van der Waals surface area contributed by atoms with Crippen LogP contribution >= 0.6 is 12.4 Å². The number of nitrogens with one attached hydrogen (secondary N) is 2. The highest BCUT2D eigenvalue weighted by Gasteiger charge is 2.31. The molecule has 0 radical (unpaired) electrons. The lowest BCUT2D eigenvalue weighted by atomic mass is 9.84. The van der Waals surface area contributed by atoms with Gasteiger partial charge in [0.25, 0.3) is 10.2 Å². The molecule has 0 saturated heterocycles. The molecule has 0 aromatic heterocycles. The van der Waals surface area contributed by atoms with Crippen LogP contribution in [0.4, 0.5) is 13.2 Å². The summed E-state index contributed by atoms with van der Waals surface area (Å²) in [7, 11) is -4.18. The van der Waals surface area contributed by atoms with Crippen molar-refractivity contribution in [3.63, 3.8) is 0 Å². The Hall–Kier alpha value is -0.0900. The molecular formula is C10H21ClF3N3O2S. The third kappa shape index (κ3) is 7.63. The first-order chi connectivity index (χ1) is 8.73. The van der Waals surface area contributed by atoms with Gasteiger partial charge in [0, 0.05) is 12.6 Å². The molecule has 4 N–H and O–H groups in total. The van der Waals surface area contributed by atoms with E-state index in [1.54, 1.807) is 0 Å². The molecule has 20 heavy (non-hydrogen) atoms. The molecule has 122 valence electrons. The summed E-state index contributed by atoms with van der Waals surface area (Å²) in [5.74, 6) is 0.0983. The first kappa shape index (κ1) is 19.9. The summed E-state index contributed by atoms with van der Waals surface area (Å²) in [6.45, 7) is -1.50. The van der Waals surface area contributed by atoms with Crippen LogP contribution in [0.25, 0.3) is 0 Å². The van der Waals surface area contributed by atoms with Crippen molar-refractivity contribution in [3.8, 4) is 0 Å². The molecule has 0 bridgehead atoms. The first-order valence-electron chi connectivity index (χ1n) is 6.27. The summed E-state index contributed by atoms with van der Waals surface area (Å²) in [4.78, 5) is 0. The maximum atomic E-state index is 12.0. The Bertz CT molecular complexity index is 372. The average Bonchev–Trinajstić information content (AvgIpc) is 2.34. The summed E-state index contributed by atoms with van der Waals surface area (Å²) < 4.78 is 62.7. The first-order valence-corrected chi connectivity index (χ1v) is 7.75. The molecule has 1 aliphatic rings. The lowest BCUT2D eigenvalue weighted by Crippen LogP contribution is -2.51. The summed E-state index contributed by atoms with van der Waals surface area (Å²) >= 11 is 0. The van der Waals surface area contributed by atoms with E-state index in [0.717, 1.165) is 32.1 Å². The summed E-state index contributed by atoms with van der Waals surface area (Å²) in [6, 6.07) is -0.508. The van der Waals surface area contributed by atoms with Crippen LogP contribution in [0.1, 0.15) is 32.1 Å². The largest absolute Gasteiger partial charge is 0.402 e. The van der Waals surface area contributed by atoms with Crippen molar-refractivity contribution in [1.29, 1.82) is 0 Å².